The number of aromatic nitrogens is 2. The lowest BCUT2D eigenvalue weighted by molar-refractivity contribution is 0.0433. The molecule has 0 saturated heterocycles. The van der Waals surface area contributed by atoms with E-state index in [9.17, 15) is 9.59 Å². The first-order chi connectivity index (χ1) is 6.74. The fourth-order valence-electron chi connectivity index (χ4n) is 0.662. The van der Waals surface area contributed by atoms with Crippen molar-refractivity contribution < 1.29 is 9.63 Å². The molecule has 0 spiro atoms. The lowest BCUT2D eigenvalue weighted by Gasteiger charge is -2.00. The average molecular weight is 193 g/mol. The van der Waals surface area contributed by atoms with Gasteiger partial charge in [0.05, 0.1) is 6.20 Å². The van der Waals surface area contributed by atoms with E-state index < -0.39 is 5.91 Å². The molecule has 0 aromatic carbocycles. The summed E-state index contributed by atoms with van der Waals surface area (Å²) in [6.07, 6.45) is 7.06. The summed E-state index contributed by atoms with van der Waals surface area (Å²) in [5.74, 6) is 1.60. The van der Waals surface area contributed by atoms with Gasteiger partial charge >= 0.3 is 0 Å². The molecule has 0 bridgehead atoms. The highest BCUT2D eigenvalue weighted by Gasteiger charge is 2.05. The number of carbonyl (C=O) groups excluding carboxylic acids is 1. The van der Waals surface area contributed by atoms with Gasteiger partial charge in [-0.3, -0.25) is 14.4 Å². The van der Waals surface area contributed by atoms with E-state index in [1.165, 1.54) is 6.20 Å². The van der Waals surface area contributed by atoms with Gasteiger partial charge in [0.25, 0.3) is 11.5 Å². The van der Waals surface area contributed by atoms with Crippen LogP contribution in [0.5, 0.6) is 0 Å². The van der Waals surface area contributed by atoms with Gasteiger partial charge in [-0.2, -0.15) is 0 Å². The van der Waals surface area contributed by atoms with Crippen LogP contribution in [0.3, 0.4) is 0 Å². The van der Waals surface area contributed by atoms with Crippen LogP contribution < -0.4 is 11.0 Å². The zero-order valence-electron chi connectivity index (χ0n) is 7.11. The fourth-order valence-corrected chi connectivity index (χ4v) is 0.662. The summed E-state index contributed by atoms with van der Waals surface area (Å²) in [5.41, 5.74) is 1.71. The van der Waals surface area contributed by atoms with Crippen molar-refractivity contribution in [2.45, 2.75) is 0 Å². The van der Waals surface area contributed by atoms with Crippen LogP contribution in [-0.4, -0.2) is 22.5 Å². The van der Waals surface area contributed by atoms with Crippen LogP contribution >= 0.6 is 0 Å². The minimum absolute atomic E-state index is 0.0326. The summed E-state index contributed by atoms with van der Waals surface area (Å²) in [6, 6.07) is 0. The predicted octanol–water partition coefficient (Wildman–Crippen LogP) is -0.935. The number of rotatable bonds is 3. The van der Waals surface area contributed by atoms with Crippen molar-refractivity contribution in [3.63, 3.8) is 0 Å². The Morgan fingerprint density at radius 2 is 2.57 bits per heavy atom. The van der Waals surface area contributed by atoms with Gasteiger partial charge in [-0.1, -0.05) is 5.92 Å². The quantitative estimate of drug-likeness (QED) is 0.369. The Morgan fingerprint density at radius 3 is 3.14 bits per heavy atom. The van der Waals surface area contributed by atoms with E-state index in [4.69, 9.17) is 6.42 Å². The van der Waals surface area contributed by atoms with Gasteiger partial charge in [0, 0.05) is 6.20 Å². The average Bonchev–Trinajstić information content (AvgIpc) is 2.19. The molecule has 14 heavy (non-hydrogen) atoms. The Balaban J connectivity index is 2.58. The summed E-state index contributed by atoms with van der Waals surface area (Å²) < 4.78 is 0. The second-order valence-corrected chi connectivity index (χ2v) is 2.22. The van der Waals surface area contributed by atoms with E-state index in [1.807, 2.05) is 0 Å². The van der Waals surface area contributed by atoms with E-state index in [2.05, 4.69) is 26.2 Å². The van der Waals surface area contributed by atoms with Gasteiger partial charge in [-0.05, 0) is 0 Å². The van der Waals surface area contributed by atoms with Crippen molar-refractivity contribution in [3.8, 4) is 12.3 Å². The number of nitrogens with zero attached hydrogens (tertiary/aromatic N) is 1. The molecule has 0 fully saturated rings. The number of hydrogen-bond donors (Lipinski definition) is 2. The van der Waals surface area contributed by atoms with Crippen LogP contribution in [0.4, 0.5) is 0 Å². The fraction of sp³-hybridized carbons (Fsp3) is 0.125. The largest absolute Gasteiger partial charge is 0.325 e. The van der Waals surface area contributed by atoms with Gasteiger partial charge in [0.2, 0.25) is 0 Å². The molecule has 0 unspecified atom stereocenters. The zero-order valence-corrected chi connectivity index (χ0v) is 7.11. The summed E-state index contributed by atoms with van der Waals surface area (Å²) in [5, 5.41) is 0. The number of aromatic amines is 1. The SMILES string of the molecule is C#CCONC(=O)c1c[nH]c(=O)cn1. The Hall–Kier alpha value is -2.13. The normalized spacial score (nSPS) is 9.07. The summed E-state index contributed by atoms with van der Waals surface area (Å²) in [7, 11) is 0. The van der Waals surface area contributed by atoms with Gasteiger partial charge < -0.3 is 4.98 Å². The maximum absolute atomic E-state index is 11.1. The van der Waals surface area contributed by atoms with Crippen molar-refractivity contribution in [1.82, 2.24) is 15.4 Å². The van der Waals surface area contributed by atoms with E-state index in [0.717, 1.165) is 6.20 Å². The molecule has 1 amide bonds. The zero-order chi connectivity index (χ0) is 10.4. The first kappa shape index (κ1) is 9.95. The van der Waals surface area contributed by atoms with Crippen LogP contribution in [0.1, 0.15) is 10.5 Å². The molecular formula is C8H7N3O3. The lowest BCUT2D eigenvalue weighted by atomic mass is 10.4. The van der Waals surface area contributed by atoms with Gasteiger partial charge in [0.1, 0.15) is 12.3 Å². The van der Waals surface area contributed by atoms with Crippen molar-refractivity contribution in [2.75, 3.05) is 6.61 Å². The minimum Gasteiger partial charge on any atom is -0.325 e. The van der Waals surface area contributed by atoms with Crippen molar-refractivity contribution >= 4 is 5.91 Å². The number of nitrogens with one attached hydrogen (secondary N) is 2. The Bertz CT molecular complexity index is 398. The van der Waals surface area contributed by atoms with Gasteiger partial charge in [0.15, 0.2) is 0 Å². The molecule has 0 radical (unpaired) electrons. The smallest absolute Gasteiger partial charge is 0.294 e. The third-order valence-corrected chi connectivity index (χ3v) is 1.23. The molecule has 0 aliphatic carbocycles. The molecule has 0 saturated carbocycles. The van der Waals surface area contributed by atoms with E-state index in [0.29, 0.717) is 0 Å². The molecule has 0 aliphatic rings. The van der Waals surface area contributed by atoms with Crippen LogP contribution in [0.15, 0.2) is 17.2 Å². The number of H-pyrrole nitrogens is 1. The van der Waals surface area contributed by atoms with E-state index in [-0.39, 0.29) is 17.9 Å². The standard InChI is InChI=1S/C8H7N3O3/c1-2-3-14-11-8(13)6-4-10-7(12)5-9-6/h1,4-5H,3H2,(H,10,12)(H,11,13). The predicted molar refractivity (Wildman–Crippen MR) is 47.1 cm³/mol. The van der Waals surface area contributed by atoms with Gasteiger partial charge in [-0.15, -0.1) is 6.42 Å². The molecule has 0 atom stereocenters. The highest BCUT2D eigenvalue weighted by atomic mass is 16.6. The second kappa shape index (κ2) is 4.79. The minimum atomic E-state index is -0.573. The molecule has 72 valence electrons. The number of hydroxylamine groups is 1. The number of terminal acetylenes is 1. The highest BCUT2D eigenvalue weighted by molar-refractivity contribution is 5.91. The maximum atomic E-state index is 11.1. The first-order valence-corrected chi connectivity index (χ1v) is 3.64. The summed E-state index contributed by atoms with van der Waals surface area (Å²) >= 11 is 0. The number of amides is 1. The Labute approximate surface area is 79.3 Å². The maximum Gasteiger partial charge on any atom is 0.294 e. The molecular weight excluding hydrogens is 186 g/mol. The second-order valence-electron chi connectivity index (χ2n) is 2.22. The van der Waals surface area contributed by atoms with Crippen molar-refractivity contribution in [3.05, 3.63) is 28.4 Å². The van der Waals surface area contributed by atoms with E-state index in [1.54, 1.807) is 0 Å². The molecule has 0 aliphatic heterocycles. The molecule has 1 rings (SSSR count). The topological polar surface area (TPSA) is 84.1 Å². The Morgan fingerprint density at radius 1 is 1.79 bits per heavy atom. The Kier molecular flexibility index (Phi) is 3.41. The van der Waals surface area contributed by atoms with Crippen LogP contribution in [-0.2, 0) is 4.84 Å². The van der Waals surface area contributed by atoms with Crippen LogP contribution in [0.25, 0.3) is 0 Å². The molecule has 1 aromatic rings. The lowest BCUT2D eigenvalue weighted by Crippen LogP contribution is -2.25. The van der Waals surface area contributed by atoms with E-state index >= 15 is 0 Å². The highest BCUT2D eigenvalue weighted by Crippen LogP contribution is 1.86. The monoisotopic (exact) mass is 193 g/mol. The third kappa shape index (κ3) is 2.73. The summed E-state index contributed by atoms with van der Waals surface area (Å²) in [4.78, 5) is 32.2. The molecule has 6 nitrogen and oxygen atoms in total. The molecule has 1 aromatic heterocycles. The van der Waals surface area contributed by atoms with Crippen LogP contribution in [0.2, 0.25) is 0 Å². The number of hydrogen-bond acceptors (Lipinski definition) is 4. The molecule has 6 heteroatoms. The molecule has 2 N–H and O–H groups in total. The van der Waals surface area contributed by atoms with Crippen molar-refractivity contribution in [1.29, 1.82) is 0 Å². The number of carbonyl (C=O) groups is 1. The third-order valence-electron chi connectivity index (χ3n) is 1.23. The van der Waals surface area contributed by atoms with Gasteiger partial charge in [-0.25, -0.2) is 10.5 Å². The molecule has 1 heterocycles. The van der Waals surface area contributed by atoms with Crippen LogP contribution in [0, 0.1) is 12.3 Å². The summed E-state index contributed by atoms with van der Waals surface area (Å²) in [6.45, 7) is -0.0326. The first-order valence-electron chi connectivity index (χ1n) is 3.64. The van der Waals surface area contributed by atoms with Crippen molar-refractivity contribution in [2.24, 2.45) is 0 Å².